The predicted octanol–water partition coefficient (Wildman–Crippen LogP) is 1.20. The second kappa shape index (κ2) is 7.06. The van der Waals surface area contributed by atoms with Crippen molar-refractivity contribution < 1.29 is 14.3 Å². The highest BCUT2D eigenvalue weighted by atomic mass is 16.5. The van der Waals surface area contributed by atoms with E-state index in [1.54, 1.807) is 6.92 Å². The van der Waals surface area contributed by atoms with Gasteiger partial charge in [0.05, 0.1) is 7.11 Å². The zero-order valence-corrected chi connectivity index (χ0v) is 9.87. The highest BCUT2D eigenvalue weighted by Gasteiger charge is 2.08. The highest BCUT2D eigenvalue weighted by molar-refractivity contribution is 5.74. The quantitative estimate of drug-likeness (QED) is 0.276. The summed E-state index contributed by atoms with van der Waals surface area (Å²) in [4.78, 5) is 12.6. The van der Waals surface area contributed by atoms with E-state index < -0.39 is 0 Å². The second-order valence-corrected chi connectivity index (χ2v) is 3.41. The van der Waals surface area contributed by atoms with Gasteiger partial charge in [0, 0.05) is 12.1 Å². The van der Waals surface area contributed by atoms with Gasteiger partial charge in [-0.3, -0.25) is 4.79 Å². The summed E-state index contributed by atoms with van der Waals surface area (Å²) in [7, 11) is 5.39. The van der Waals surface area contributed by atoms with Gasteiger partial charge in [-0.2, -0.15) is 0 Å². The van der Waals surface area contributed by atoms with Crippen molar-refractivity contribution in [2.24, 2.45) is 0 Å². The summed E-state index contributed by atoms with van der Waals surface area (Å²) in [5.41, 5.74) is 0.487. The maximum absolute atomic E-state index is 10.6. The molecule has 0 aromatic carbocycles. The van der Waals surface area contributed by atoms with Crippen LogP contribution >= 0.6 is 0 Å². The van der Waals surface area contributed by atoms with Gasteiger partial charge in [-0.05, 0) is 21.0 Å². The van der Waals surface area contributed by atoms with Crippen molar-refractivity contribution in [3.63, 3.8) is 0 Å². The lowest BCUT2D eigenvalue weighted by Gasteiger charge is -2.15. The van der Waals surface area contributed by atoms with Crippen LogP contribution in [0.1, 0.15) is 6.92 Å². The van der Waals surface area contributed by atoms with E-state index in [0.29, 0.717) is 23.7 Å². The molecule has 0 aromatic rings. The van der Waals surface area contributed by atoms with Crippen LogP contribution in [-0.4, -0.2) is 45.5 Å². The molecule has 0 rings (SSSR count). The molecular weight excluding hydrogens is 194 g/mol. The molecule has 0 aliphatic heterocycles. The number of aldehydes is 1. The second-order valence-electron chi connectivity index (χ2n) is 3.41. The molecule has 4 nitrogen and oxygen atoms in total. The van der Waals surface area contributed by atoms with Crippen LogP contribution in [0.15, 0.2) is 23.7 Å². The van der Waals surface area contributed by atoms with Crippen LogP contribution in [0.3, 0.4) is 0 Å². The first-order chi connectivity index (χ1) is 7.02. The average molecular weight is 213 g/mol. The molecule has 0 saturated carbocycles. The van der Waals surface area contributed by atoms with E-state index in [4.69, 9.17) is 9.47 Å². The van der Waals surface area contributed by atoms with Crippen LogP contribution in [0.25, 0.3) is 0 Å². The van der Waals surface area contributed by atoms with Crippen molar-refractivity contribution in [2.75, 3.05) is 34.4 Å². The van der Waals surface area contributed by atoms with E-state index in [1.807, 2.05) is 19.0 Å². The largest absolute Gasteiger partial charge is 0.493 e. The molecule has 0 spiro atoms. The molecule has 15 heavy (non-hydrogen) atoms. The normalized spacial score (nSPS) is 12.1. The summed E-state index contributed by atoms with van der Waals surface area (Å²) in [6.07, 6.45) is 0.731. The standard InChI is InChI=1S/C11H19NO3/c1-9(8-13)11(10(2)14-5)15-7-6-12(3)4/h8H,2,6-7H2,1,3-5H3/b11-9-. The van der Waals surface area contributed by atoms with Gasteiger partial charge in [0.25, 0.3) is 0 Å². The lowest BCUT2D eigenvalue weighted by molar-refractivity contribution is -0.105. The maximum Gasteiger partial charge on any atom is 0.166 e. The molecule has 0 atom stereocenters. The van der Waals surface area contributed by atoms with Gasteiger partial charge in [0.15, 0.2) is 11.5 Å². The average Bonchev–Trinajstić information content (AvgIpc) is 2.22. The number of carbonyl (C=O) groups is 1. The van der Waals surface area contributed by atoms with E-state index >= 15 is 0 Å². The van der Waals surface area contributed by atoms with Crippen LogP contribution in [0.2, 0.25) is 0 Å². The van der Waals surface area contributed by atoms with Crippen LogP contribution < -0.4 is 0 Å². The van der Waals surface area contributed by atoms with E-state index in [0.717, 1.165) is 12.8 Å². The lowest BCUT2D eigenvalue weighted by atomic mass is 10.2. The van der Waals surface area contributed by atoms with Crippen LogP contribution in [0.5, 0.6) is 0 Å². The van der Waals surface area contributed by atoms with Crippen LogP contribution in [0.4, 0.5) is 0 Å². The first-order valence-electron chi connectivity index (χ1n) is 4.69. The Kier molecular flexibility index (Phi) is 6.45. The Labute approximate surface area is 91.2 Å². The molecular formula is C11H19NO3. The minimum absolute atomic E-state index is 0.373. The summed E-state index contributed by atoms with van der Waals surface area (Å²) in [5.74, 6) is 0.799. The van der Waals surface area contributed by atoms with E-state index in [2.05, 4.69) is 6.58 Å². The zero-order valence-electron chi connectivity index (χ0n) is 9.87. The van der Waals surface area contributed by atoms with Crippen molar-refractivity contribution in [2.45, 2.75) is 6.92 Å². The smallest absolute Gasteiger partial charge is 0.166 e. The SMILES string of the molecule is C=C(OC)/C(OCCN(C)C)=C(\C)C=O. The Balaban J connectivity index is 4.41. The molecule has 0 heterocycles. The summed E-state index contributed by atoms with van der Waals surface area (Å²) in [6.45, 7) is 6.60. The van der Waals surface area contributed by atoms with E-state index in [1.165, 1.54) is 7.11 Å². The predicted molar refractivity (Wildman–Crippen MR) is 59.4 cm³/mol. The fraction of sp³-hybridized carbons (Fsp3) is 0.545. The Bertz CT molecular complexity index is 257. The first-order valence-corrected chi connectivity index (χ1v) is 4.69. The van der Waals surface area contributed by atoms with Crippen molar-refractivity contribution >= 4 is 6.29 Å². The number of allylic oxidation sites excluding steroid dienone is 1. The molecule has 0 aromatic heterocycles. The monoisotopic (exact) mass is 213 g/mol. The van der Waals surface area contributed by atoms with Gasteiger partial charge < -0.3 is 14.4 Å². The number of ether oxygens (including phenoxy) is 2. The number of methoxy groups -OCH3 is 1. The minimum Gasteiger partial charge on any atom is -0.493 e. The third-order valence-electron chi connectivity index (χ3n) is 1.82. The summed E-state index contributed by atoms with van der Waals surface area (Å²) < 4.78 is 10.4. The Hall–Kier alpha value is -1.29. The maximum atomic E-state index is 10.6. The number of hydrogen-bond donors (Lipinski definition) is 0. The van der Waals surface area contributed by atoms with E-state index in [-0.39, 0.29) is 0 Å². The van der Waals surface area contributed by atoms with Gasteiger partial charge in [0.2, 0.25) is 0 Å². The fourth-order valence-electron chi connectivity index (χ4n) is 0.891. The molecule has 0 radical (unpaired) electrons. The molecule has 0 saturated heterocycles. The summed E-state index contributed by atoms with van der Waals surface area (Å²) >= 11 is 0. The van der Waals surface area contributed by atoms with Gasteiger partial charge in [-0.1, -0.05) is 6.58 Å². The summed E-state index contributed by atoms with van der Waals surface area (Å²) in [5, 5.41) is 0. The van der Waals surface area contributed by atoms with Crippen molar-refractivity contribution in [1.29, 1.82) is 0 Å². The molecule has 0 aliphatic carbocycles. The van der Waals surface area contributed by atoms with Gasteiger partial charge in [0.1, 0.15) is 12.9 Å². The fourth-order valence-corrected chi connectivity index (χ4v) is 0.891. The number of hydrogen-bond acceptors (Lipinski definition) is 4. The molecule has 0 bridgehead atoms. The number of carbonyl (C=O) groups excluding carboxylic acids is 1. The number of likely N-dealkylation sites (N-methyl/N-ethyl adjacent to an activating group) is 1. The Morgan fingerprint density at radius 2 is 2.07 bits per heavy atom. The molecule has 0 N–H and O–H groups in total. The van der Waals surface area contributed by atoms with Crippen LogP contribution in [-0.2, 0) is 14.3 Å². The van der Waals surface area contributed by atoms with Crippen molar-refractivity contribution in [3.05, 3.63) is 23.7 Å². The minimum atomic E-state index is 0.373. The lowest BCUT2D eigenvalue weighted by Crippen LogP contribution is -2.18. The topological polar surface area (TPSA) is 38.8 Å². The zero-order chi connectivity index (χ0) is 11.8. The molecule has 0 aliphatic rings. The Morgan fingerprint density at radius 1 is 1.47 bits per heavy atom. The molecule has 0 amide bonds. The van der Waals surface area contributed by atoms with Gasteiger partial charge >= 0.3 is 0 Å². The Morgan fingerprint density at radius 3 is 2.47 bits per heavy atom. The summed E-state index contributed by atoms with van der Waals surface area (Å²) in [6, 6.07) is 0. The molecule has 0 fully saturated rings. The van der Waals surface area contributed by atoms with Crippen molar-refractivity contribution in [3.8, 4) is 0 Å². The number of nitrogens with zero attached hydrogens (tertiary/aromatic N) is 1. The highest BCUT2D eigenvalue weighted by Crippen LogP contribution is 2.14. The first kappa shape index (κ1) is 13.7. The van der Waals surface area contributed by atoms with Crippen LogP contribution in [0, 0.1) is 0 Å². The van der Waals surface area contributed by atoms with E-state index in [9.17, 15) is 4.79 Å². The third kappa shape index (κ3) is 5.22. The third-order valence-corrected chi connectivity index (χ3v) is 1.82. The van der Waals surface area contributed by atoms with Gasteiger partial charge in [-0.15, -0.1) is 0 Å². The van der Waals surface area contributed by atoms with Crippen molar-refractivity contribution in [1.82, 2.24) is 4.90 Å². The molecule has 4 heteroatoms. The molecule has 0 unspecified atom stereocenters. The number of rotatable bonds is 7. The molecule has 86 valence electrons. The van der Waals surface area contributed by atoms with Gasteiger partial charge in [-0.25, -0.2) is 0 Å².